The quantitative estimate of drug-likeness (QED) is 0.900. The highest BCUT2D eigenvalue weighted by atomic mass is 32.2. The summed E-state index contributed by atoms with van der Waals surface area (Å²) in [6.07, 6.45) is 3.43. The lowest BCUT2D eigenvalue weighted by Crippen LogP contribution is -2.36. The van der Waals surface area contributed by atoms with Crippen molar-refractivity contribution in [3.63, 3.8) is 0 Å². The van der Waals surface area contributed by atoms with Crippen molar-refractivity contribution in [1.29, 1.82) is 0 Å². The first-order valence-electron chi connectivity index (χ1n) is 8.52. The van der Waals surface area contributed by atoms with E-state index >= 15 is 0 Å². The highest BCUT2D eigenvalue weighted by Crippen LogP contribution is 2.42. The van der Waals surface area contributed by atoms with Gasteiger partial charge in [0.1, 0.15) is 11.5 Å². The van der Waals surface area contributed by atoms with E-state index in [1.807, 2.05) is 31.2 Å². The molecule has 2 aromatic rings. The lowest BCUT2D eigenvalue weighted by Gasteiger charge is -2.34. The number of carbonyl (C=O) groups excluding carboxylic acids is 1. The van der Waals surface area contributed by atoms with Gasteiger partial charge in [-0.2, -0.15) is 0 Å². The van der Waals surface area contributed by atoms with Crippen LogP contribution in [0.5, 0.6) is 0 Å². The molecule has 0 fully saturated rings. The van der Waals surface area contributed by atoms with E-state index in [0.29, 0.717) is 11.3 Å². The molecular weight excluding hydrogens is 334 g/mol. The minimum absolute atomic E-state index is 0.0485. The van der Waals surface area contributed by atoms with Crippen molar-refractivity contribution >= 4 is 16.7 Å². The molecule has 3 rings (SSSR count). The maximum atomic E-state index is 12.8. The molecule has 0 saturated carbocycles. The minimum Gasteiger partial charge on any atom is -0.466 e. The summed E-state index contributed by atoms with van der Waals surface area (Å²) in [6, 6.07) is 9.35. The first kappa shape index (κ1) is 17.9. The molecule has 4 nitrogen and oxygen atoms in total. The van der Waals surface area contributed by atoms with Crippen molar-refractivity contribution in [2.24, 2.45) is 5.41 Å². The van der Waals surface area contributed by atoms with Crippen LogP contribution in [0.4, 0.5) is 0 Å². The van der Waals surface area contributed by atoms with Crippen LogP contribution in [-0.2, 0) is 23.0 Å². The van der Waals surface area contributed by atoms with Gasteiger partial charge in [-0.15, -0.1) is 0 Å². The van der Waals surface area contributed by atoms with Crippen LogP contribution in [0.15, 0.2) is 34.7 Å². The molecule has 25 heavy (non-hydrogen) atoms. The Hall–Kier alpha value is -1.88. The number of hydrogen-bond donors (Lipinski definition) is 1. The smallest absolute Gasteiger partial charge is 0.251 e. The second-order valence-electron chi connectivity index (χ2n) is 7.72. The molecule has 0 saturated heterocycles. The molecule has 5 heteroatoms. The van der Waals surface area contributed by atoms with Gasteiger partial charge in [-0.05, 0) is 42.5 Å². The van der Waals surface area contributed by atoms with Crippen molar-refractivity contribution in [3.05, 3.63) is 58.5 Å². The fourth-order valence-electron chi connectivity index (χ4n) is 3.59. The van der Waals surface area contributed by atoms with Gasteiger partial charge in [0.25, 0.3) is 5.91 Å². The van der Waals surface area contributed by atoms with Gasteiger partial charge in [0.15, 0.2) is 0 Å². The summed E-state index contributed by atoms with van der Waals surface area (Å²) < 4.78 is 17.3. The Balaban J connectivity index is 1.82. The number of fused-ring (bicyclic) bond motifs is 1. The van der Waals surface area contributed by atoms with Crippen LogP contribution in [0.2, 0.25) is 0 Å². The van der Waals surface area contributed by atoms with Gasteiger partial charge in [0.05, 0.1) is 6.04 Å². The number of furan rings is 1. The van der Waals surface area contributed by atoms with Crippen LogP contribution in [-0.4, -0.2) is 16.4 Å². The van der Waals surface area contributed by atoms with Crippen molar-refractivity contribution < 1.29 is 13.4 Å². The summed E-state index contributed by atoms with van der Waals surface area (Å²) >= 11 is 0. The molecule has 1 aliphatic rings. The standard InChI is InChI=1S/C20H25NO3S/c1-13-8-16-17(10-20(2,3)11-18(16)24-13)21-19(22)15-7-5-6-14(9-15)12-25(4)23/h5-9,17H,10-12H2,1-4H3,(H,21,22)/t17-,25-/m0/s1. The highest BCUT2D eigenvalue weighted by molar-refractivity contribution is 7.83. The Kier molecular flexibility index (Phi) is 4.87. The van der Waals surface area contributed by atoms with Gasteiger partial charge >= 0.3 is 0 Å². The molecule has 1 amide bonds. The molecular formula is C20H25NO3S. The second-order valence-corrected chi connectivity index (χ2v) is 9.16. The van der Waals surface area contributed by atoms with Crippen LogP contribution in [0.3, 0.4) is 0 Å². The van der Waals surface area contributed by atoms with Crippen molar-refractivity contribution in [1.82, 2.24) is 5.32 Å². The monoisotopic (exact) mass is 359 g/mol. The molecule has 1 aliphatic carbocycles. The summed E-state index contributed by atoms with van der Waals surface area (Å²) in [5.41, 5.74) is 2.69. The summed E-state index contributed by atoms with van der Waals surface area (Å²) in [5, 5.41) is 3.17. The molecule has 1 aromatic carbocycles. The number of nitrogens with one attached hydrogen (secondary N) is 1. The summed E-state index contributed by atoms with van der Waals surface area (Å²) in [6.45, 7) is 6.34. The third kappa shape index (κ3) is 4.21. The SMILES string of the molecule is Cc1cc2c(o1)CC(C)(C)C[C@@H]2NC(=O)c1cccc(C[S@](C)=O)c1. The Bertz CT molecular complexity index is 822. The van der Waals surface area contributed by atoms with Crippen molar-refractivity contribution in [2.45, 2.75) is 45.4 Å². The first-order chi connectivity index (χ1) is 11.7. The molecule has 0 radical (unpaired) electrons. The average Bonchev–Trinajstić information content (AvgIpc) is 2.85. The Labute approximate surface area is 151 Å². The van der Waals surface area contributed by atoms with Gasteiger partial charge < -0.3 is 9.73 Å². The molecule has 1 heterocycles. The van der Waals surface area contributed by atoms with Crippen LogP contribution >= 0.6 is 0 Å². The van der Waals surface area contributed by atoms with E-state index in [1.165, 1.54) is 0 Å². The number of benzene rings is 1. The zero-order chi connectivity index (χ0) is 18.2. The van der Waals surface area contributed by atoms with E-state index in [2.05, 4.69) is 19.2 Å². The van der Waals surface area contributed by atoms with Crippen molar-refractivity contribution in [3.8, 4) is 0 Å². The molecule has 0 aliphatic heterocycles. The third-order valence-corrected chi connectivity index (χ3v) is 5.34. The number of rotatable bonds is 4. The molecule has 1 N–H and O–H groups in total. The van der Waals surface area contributed by atoms with E-state index in [4.69, 9.17) is 4.42 Å². The predicted molar refractivity (Wildman–Crippen MR) is 100.0 cm³/mol. The van der Waals surface area contributed by atoms with E-state index in [9.17, 15) is 9.00 Å². The normalized spacial score (nSPS) is 19.9. The molecule has 134 valence electrons. The lowest BCUT2D eigenvalue weighted by molar-refractivity contribution is 0.0917. The highest BCUT2D eigenvalue weighted by Gasteiger charge is 2.35. The van der Waals surface area contributed by atoms with Crippen LogP contribution in [0.25, 0.3) is 0 Å². The Morgan fingerprint density at radius 2 is 2.12 bits per heavy atom. The largest absolute Gasteiger partial charge is 0.466 e. The third-order valence-electron chi connectivity index (χ3n) is 4.60. The molecule has 0 bridgehead atoms. The van der Waals surface area contributed by atoms with E-state index in [0.717, 1.165) is 35.5 Å². The minimum atomic E-state index is -0.926. The summed E-state index contributed by atoms with van der Waals surface area (Å²) in [7, 11) is -0.926. The van der Waals surface area contributed by atoms with Gasteiger partial charge in [-0.3, -0.25) is 9.00 Å². The topological polar surface area (TPSA) is 59.3 Å². The van der Waals surface area contributed by atoms with Gasteiger partial charge in [0.2, 0.25) is 0 Å². The maximum absolute atomic E-state index is 12.8. The van der Waals surface area contributed by atoms with E-state index < -0.39 is 10.8 Å². The van der Waals surface area contributed by atoms with Crippen LogP contribution < -0.4 is 5.32 Å². The fourth-order valence-corrected chi connectivity index (χ4v) is 4.24. The van der Waals surface area contributed by atoms with Gasteiger partial charge in [-0.25, -0.2) is 0 Å². The Morgan fingerprint density at radius 1 is 1.36 bits per heavy atom. The van der Waals surface area contributed by atoms with E-state index in [1.54, 1.807) is 12.3 Å². The molecule has 2 atom stereocenters. The second kappa shape index (κ2) is 6.79. The zero-order valence-corrected chi connectivity index (χ0v) is 16.0. The number of amides is 1. The molecule has 0 unspecified atom stereocenters. The molecule has 1 aromatic heterocycles. The fraction of sp³-hybridized carbons (Fsp3) is 0.450. The number of hydrogen-bond acceptors (Lipinski definition) is 3. The lowest BCUT2D eigenvalue weighted by atomic mass is 9.74. The Morgan fingerprint density at radius 3 is 2.84 bits per heavy atom. The average molecular weight is 359 g/mol. The summed E-state index contributed by atoms with van der Waals surface area (Å²) in [5.74, 6) is 2.22. The predicted octanol–water partition coefficient (Wildman–Crippen LogP) is 3.91. The van der Waals surface area contributed by atoms with Gasteiger partial charge in [0, 0.05) is 40.4 Å². The maximum Gasteiger partial charge on any atom is 0.251 e. The van der Waals surface area contributed by atoms with Crippen LogP contribution in [0, 0.1) is 12.3 Å². The number of aryl methyl sites for hydroxylation is 1. The van der Waals surface area contributed by atoms with Gasteiger partial charge in [-0.1, -0.05) is 26.0 Å². The zero-order valence-electron chi connectivity index (χ0n) is 15.2. The number of carbonyl (C=O) groups is 1. The molecule has 0 spiro atoms. The van der Waals surface area contributed by atoms with Crippen LogP contribution in [0.1, 0.15) is 59.3 Å². The first-order valence-corrected chi connectivity index (χ1v) is 10.3. The summed E-state index contributed by atoms with van der Waals surface area (Å²) in [4.78, 5) is 12.8. The van der Waals surface area contributed by atoms with Crippen molar-refractivity contribution in [2.75, 3.05) is 6.26 Å². The van der Waals surface area contributed by atoms with E-state index in [-0.39, 0.29) is 17.4 Å².